The number of carbonyl (C=O) groups is 1. The van der Waals surface area contributed by atoms with Crippen molar-refractivity contribution in [3.8, 4) is 0 Å². The number of piperazine rings is 1. The Hall–Kier alpha value is -1.41. The van der Waals surface area contributed by atoms with Gasteiger partial charge in [0.25, 0.3) is 0 Å². The molecule has 1 aromatic heterocycles. The van der Waals surface area contributed by atoms with Crippen molar-refractivity contribution in [1.82, 2.24) is 19.0 Å². The summed E-state index contributed by atoms with van der Waals surface area (Å²) in [6.07, 6.45) is 1.19. The van der Waals surface area contributed by atoms with Gasteiger partial charge in [-0.2, -0.15) is 9.40 Å². The van der Waals surface area contributed by atoms with Crippen LogP contribution in [0.5, 0.6) is 0 Å². The standard InChI is InChI=1S/C12H20N4O3S/c1-10-8-11(2)16(13-10)9-12(17)14-4-6-15(7-5-14)20(3,18)19/h8H,4-7,9H2,1-3H3. The summed E-state index contributed by atoms with van der Waals surface area (Å²) in [5.41, 5.74) is 1.84. The topological polar surface area (TPSA) is 75.5 Å². The van der Waals surface area contributed by atoms with Crippen LogP contribution >= 0.6 is 0 Å². The van der Waals surface area contributed by atoms with Gasteiger partial charge in [0.2, 0.25) is 15.9 Å². The highest BCUT2D eigenvalue weighted by Crippen LogP contribution is 2.08. The molecular formula is C12H20N4O3S. The van der Waals surface area contributed by atoms with Crippen molar-refractivity contribution in [3.05, 3.63) is 17.5 Å². The Balaban J connectivity index is 1.94. The average Bonchev–Trinajstić information content (AvgIpc) is 2.67. The molecule has 0 aromatic carbocycles. The molecular weight excluding hydrogens is 280 g/mol. The van der Waals surface area contributed by atoms with E-state index in [2.05, 4.69) is 5.10 Å². The molecule has 0 saturated carbocycles. The molecule has 112 valence electrons. The lowest BCUT2D eigenvalue weighted by Gasteiger charge is -2.33. The van der Waals surface area contributed by atoms with Crippen LogP contribution in [-0.4, -0.2) is 65.7 Å². The van der Waals surface area contributed by atoms with Crippen molar-refractivity contribution in [3.63, 3.8) is 0 Å². The smallest absolute Gasteiger partial charge is 0.244 e. The van der Waals surface area contributed by atoms with Crippen LogP contribution in [-0.2, 0) is 21.4 Å². The maximum atomic E-state index is 12.2. The Morgan fingerprint density at radius 3 is 2.30 bits per heavy atom. The number of aryl methyl sites for hydroxylation is 2. The highest BCUT2D eigenvalue weighted by molar-refractivity contribution is 7.88. The molecule has 2 rings (SSSR count). The molecule has 1 aliphatic heterocycles. The summed E-state index contributed by atoms with van der Waals surface area (Å²) in [4.78, 5) is 13.9. The highest BCUT2D eigenvalue weighted by atomic mass is 32.2. The van der Waals surface area contributed by atoms with Gasteiger partial charge in [-0.15, -0.1) is 0 Å². The number of aromatic nitrogens is 2. The number of amides is 1. The van der Waals surface area contributed by atoms with E-state index in [9.17, 15) is 13.2 Å². The van der Waals surface area contributed by atoms with E-state index in [1.165, 1.54) is 10.6 Å². The fraction of sp³-hybridized carbons (Fsp3) is 0.667. The number of hydrogen-bond acceptors (Lipinski definition) is 4. The van der Waals surface area contributed by atoms with Crippen molar-refractivity contribution in [2.24, 2.45) is 0 Å². The van der Waals surface area contributed by atoms with Gasteiger partial charge >= 0.3 is 0 Å². The summed E-state index contributed by atoms with van der Waals surface area (Å²) in [6, 6.07) is 1.93. The second kappa shape index (κ2) is 5.53. The number of sulfonamides is 1. The Bertz CT molecular complexity index is 600. The van der Waals surface area contributed by atoms with Gasteiger partial charge in [0, 0.05) is 31.9 Å². The van der Waals surface area contributed by atoms with Crippen molar-refractivity contribution in [1.29, 1.82) is 0 Å². The largest absolute Gasteiger partial charge is 0.338 e. The third-order valence-corrected chi connectivity index (χ3v) is 4.75. The number of nitrogens with zero attached hydrogens (tertiary/aromatic N) is 4. The molecule has 0 N–H and O–H groups in total. The minimum Gasteiger partial charge on any atom is -0.338 e. The SMILES string of the molecule is Cc1cc(C)n(CC(=O)N2CCN(S(C)(=O)=O)CC2)n1. The molecule has 1 aliphatic rings. The molecule has 2 heterocycles. The fourth-order valence-electron chi connectivity index (χ4n) is 2.33. The van der Waals surface area contributed by atoms with Crippen LogP contribution in [0.2, 0.25) is 0 Å². The lowest BCUT2D eigenvalue weighted by Crippen LogP contribution is -2.51. The molecule has 1 aromatic rings. The molecule has 1 saturated heterocycles. The maximum absolute atomic E-state index is 12.2. The van der Waals surface area contributed by atoms with E-state index >= 15 is 0 Å². The van der Waals surface area contributed by atoms with Crippen LogP contribution < -0.4 is 0 Å². The first-order valence-electron chi connectivity index (χ1n) is 6.51. The van der Waals surface area contributed by atoms with E-state index in [-0.39, 0.29) is 12.5 Å². The molecule has 1 amide bonds. The normalized spacial score (nSPS) is 17.4. The first-order valence-corrected chi connectivity index (χ1v) is 8.36. The van der Waals surface area contributed by atoms with Gasteiger partial charge in [0.05, 0.1) is 11.9 Å². The summed E-state index contributed by atoms with van der Waals surface area (Å²) < 4.78 is 25.9. The van der Waals surface area contributed by atoms with Crippen LogP contribution in [0, 0.1) is 13.8 Å². The summed E-state index contributed by atoms with van der Waals surface area (Å²) in [6.45, 7) is 5.60. The summed E-state index contributed by atoms with van der Waals surface area (Å²) >= 11 is 0. The number of carbonyl (C=O) groups excluding carboxylic acids is 1. The molecule has 0 radical (unpaired) electrons. The van der Waals surface area contributed by atoms with Crippen LogP contribution in [0.15, 0.2) is 6.07 Å². The molecule has 1 fully saturated rings. The van der Waals surface area contributed by atoms with E-state index in [4.69, 9.17) is 0 Å². The van der Waals surface area contributed by atoms with Gasteiger partial charge < -0.3 is 4.90 Å². The van der Waals surface area contributed by atoms with Crippen molar-refractivity contribution in [2.75, 3.05) is 32.4 Å². The molecule has 0 spiro atoms. The predicted molar refractivity (Wildman–Crippen MR) is 74.7 cm³/mol. The minimum absolute atomic E-state index is 0.0237. The van der Waals surface area contributed by atoms with Crippen molar-refractivity contribution < 1.29 is 13.2 Å². The van der Waals surface area contributed by atoms with Crippen LogP contribution in [0.1, 0.15) is 11.4 Å². The first-order chi connectivity index (χ1) is 9.27. The fourth-order valence-corrected chi connectivity index (χ4v) is 3.16. The van der Waals surface area contributed by atoms with Gasteiger partial charge in [0.15, 0.2) is 0 Å². The Kier molecular flexibility index (Phi) is 4.14. The van der Waals surface area contributed by atoms with Gasteiger partial charge in [-0.05, 0) is 19.9 Å². The summed E-state index contributed by atoms with van der Waals surface area (Å²) in [5.74, 6) is -0.0237. The minimum atomic E-state index is -3.16. The molecule has 0 bridgehead atoms. The zero-order valence-electron chi connectivity index (χ0n) is 12.0. The van der Waals surface area contributed by atoms with Crippen molar-refractivity contribution >= 4 is 15.9 Å². The monoisotopic (exact) mass is 300 g/mol. The molecule has 7 nitrogen and oxygen atoms in total. The zero-order chi connectivity index (χ0) is 14.9. The Morgan fingerprint density at radius 1 is 1.25 bits per heavy atom. The van der Waals surface area contributed by atoms with E-state index < -0.39 is 10.0 Å². The number of hydrogen-bond donors (Lipinski definition) is 0. The zero-order valence-corrected chi connectivity index (χ0v) is 12.9. The molecule has 20 heavy (non-hydrogen) atoms. The van der Waals surface area contributed by atoms with Crippen molar-refractivity contribution in [2.45, 2.75) is 20.4 Å². The lowest BCUT2D eigenvalue weighted by molar-refractivity contribution is -0.133. The second-order valence-corrected chi connectivity index (χ2v) is 7.11. The van der Waals surface area contributed by atoms with Gasteiger partial charge in [-0.3, -0.25) is 9.48 Å². The molecule has 0 aliphatic carbocycles. The Labute approximate surface area is 119 Å². The molecule has 8 heteroatoms. The van der Waals surface area contributed by atoms with Crippen LogP contribution in [0.25, 0.3) is 0 Å². The van der Waals surface area contributed by atoms with E-state index in [1.54, 1.807) is 9.58 Å². The van der Waals surface area contributed by atoms with E-state index in [0.29, 0.717) is 26.2 Å². The lowest BCUT2D eigenvalue weighted by atomic mass is 10.3. The molecule has 0 atom stereocenters. The Morgan fingerprint density at radius 2 is 1.85 bits per heavy atom. The predicted octanol–water partition coefficient (Wildman–Crippen LogP) is -0.396. The quantitative estimate of drug-likeness (QED) is 0.761. The maximum Gasteiger partial charge on any atom is 0.244 e. The van der Waals surface area contributed by atoms with Gasteiger partial charge in [0.1, 0.15) is 6.54 Å². The third kappa shape index (κ3) is 3.37. The van der Waals surface area contributed by atoms with Gasteiger partial charge in [-0.25, -0.2) is 8.42 Å². The highest BCUT2D eigenvalue weighted by Gasteiger charge is 2.26. The summed E-state index contributed by atoms with van der Waals surface area (Å²) in [7, 11) is -3.16. The summed E-state index contributed by atoms with van der Waals surface area (Å²) in [5, 5.41) is 4.26. The van der Waals surface area contributed by atoms with Gasteiger partial charge in [-0.1, -0.05) is 0 Å². The average molecular weight is 300 g/mol. The molecule has 0 unspecified atom stereocenters. The third-order valence-electron chi connectivity index (χ3n) is 3.45. The van der Waals surface area contributed by atoms with Crippen LogP contribution in [0.3, 0.4) is 0 Å². The van der Waals surface area contributed by atoms with E-state index in [0.717, 1.165) is 11.4 Å². The van der Waals surface area contributed by atoms with Crippen LogP contribution in [0.4, 0.5) is 0 Å². The first kappa shape index (κ1) is 15.0. The number of rotatable bonds is 3. The van der Waals surface area contributed by atoms with E-state index in [1.807, 2.05) is 19.9 Å². The second-order valence-electron chi connectivity index (χ2n) is 5.13.